The Balaban J connectivity index is 2.54. The number of hydrogen-bond donors (Lipinski definition) is 2. The van der Waals surface area contributed by atoms with Gasteiger partial charge in [0, 0.05) is 25.2 Å². The van der Waals surface area contributed by atoms with Crippen LogP contribution in [0.4, 0.5) is 5.82 Å². The van der Waals surface area contributed by atoms with Crippen LogP contribution in [0.25, 0.3) is 0 Å². The van der Waals surface area contributed by atoms with Crippen LogP contribution in [-0.2, 0) is 4.79 Å². The third-order valence-electron chi connectivity index (χ3n) is 2.81. The zero-order valence-electron chi connectivity index (χ0n) is 12.6. The number of hydrogen-bond acceptors (Lipinski definition) is 4. The number of nitrogens with zero attached hydrogens (tertiary/aromatic N) is 2. The van der Waals surface area contributed by atoms with Gasteiger partial charge in [0.05, 0.1) is 5.56 Å². The fraction of sp³-hybridized carbons (Fsp3) is 0.533. The van der Waals surface area contributed by atoms with Crippen LogP contribution in [0.2, 0.25) is 0 Å². The Morgan fingerprint density at radius 3 is 2.75 bits per heavy atom. The van der Waals surface area contributed by atoms with Gasteiger partial charge in [-0.05, 0) is 31.4 Å². The summed E-state index contributed by atoms with van der Waals surface area (Å²) in [6.07, 6.45) is 0.367. The topological polar surface area (TPSA) is 77.8 Å². The second-order valence-electron chi connectivity index (χ2n) is 5.29. The number of aryl methyl sites for hydroxylation is 2. The first-order chi connectivity index (χ1) is 9.43. The van der Waals surface area contributed by atoms with Gasteiger partial charge >= 0.3 is 0 Å². The first-order valence-electron chi connectivity index (χ1n) is 6.83. The number of anilines is 1. The predicted octanol–water partition coefficient (Wildman–Crippen LogP) is 2.14. The van der Waals surface area contributed by atoms with Crippen LogP contribution >= 0.6 is 0 Å². The molecule has 1 heterocycles. The van der Waals surface area contributed by atoms with E-state index in [2.05, 4.69) is 35.5 Å². The maximum atomic E-state index is 11.6. The van der Waals surface area contributed by atoms with Crippen molar-refractivity contribution in [2.24, 2.45) is 5.92 Å². The Hall–Kier alpha value is -2.09. The summed E-state index contributed by atoms with van der Waals surface area (Å²) in [5.41, 5.74) is 2.29. The lowest BCUT2D eigenvalue weighted by molar-refractivity contribution is -0.120. The normalized spacial score (nSPS) is 10.2. The van der Waals surface area contributed by atoms with Crippen molar-refractivity contribution in [1.82, 2.24) is 10.3 Å². The summed E-state index contributed by atoms with van der Waals surface area (Å²) in [6.45, 7) is 9.02. The highest BCUT2D eigenvalue weighted by molar-refractivity contribution is 5.76. The van der Waals surface area contributed by atoms with Gasteiger partial charge in [-0.1, -0.05) is 13.8 Å². The van der Waals surface area contributed by atoms with E-state index in [-0.39, 0.29) is 5.91 Å². The molecule has 1 aromatic rings. The Kier molecular flexibility index (Phi) is 5.98. The average Bonchev–Trinajstić information content (AvgIpc) is 2.36. The van der Waals surface area contributed by atoms with Crippen LogP contribution in [0.3, 0.4) is 0 Å². The zero-order valence-corrected chi connectivity index (χ0v) is 12.6. The van der Waals surface area contributed by atoms with E-state index in [1.54, 1.807) is 0 Å². The third kappa shape index (κ3) is 4.88. The maximum Gasteiger partial charge on any atom is 0.221 e. The largest absolute Gasteiger partial charge is 0.368 e. The summed E-state index contributed by atoms with van der Waals surface area (Å²) in [5, 5.41) is 15.1. The Bertz CT molecular complexity index is 517. The average molecular weight is 274 g/mol. The molecule has 0 saturated carbocycles. The number of nitriles is 1. The number of nitrogens with one attached hydrogen (secondary N) is 2. The minimum absolute atomic E-state index is 0.00841. The maximum absolute atomic E-state index is 11.6. The predicted molar refractivity (Wildman–Crippen MR) is 79.4 cm³/mol. The molecule has 0 fully saturated rings. The number of carbonyl (C=O) groups excluding carboxylic acids is 1. The molecule has 0 aliphatic carbocycles. The van der Waals surface area contributed by atoms with Gasteiger partial charge in [0.15, 0.2) is 0 Å². The Morgan fingerprint density at radius 2 is 2.15 bits per heavy atom. The molecule has 20 heavy (non-hydrogen) atoms. The van der Waals surface area contributed by atoms with Gasteiger partial charge in [-0.2, -0.15) is 5.26 Å². The van der Waals surface area contributed by atoms with E-state index in [0.29, 0.717) is 36.8 Å². The lowest BCUT2D eigenvalue weighted by Crippen LogP contribution is -2.28. The highest BCUT2D eigenvalue weighted by atomic mass is 16.1. The van der Waals surface area contributed by atoms with Gasteiger partial charge in [0.25, 0.3) is 0 Å². The van der Waals surface area contributed by atoms with Crippen LogP contribution in [0, 0.1) is 31.1 Å². The monoisotopic (exact) mass is 274 g/mol. The summed E-state index contributed by atoms with van der Waals surface area (Å²) >= 11 is 0. The SMILES string of the molecule is Cc1cc(C)c(C#N)c(NCCC(=O)NCC(C)C)n1. The first-order valence-corrected chi connectivity index (χ1v) is 6.83. The lowest BCUT2D eigenvalue weighted by Gasteiger charge is -2.11. The minimum atomic E-state index is 0.00841. The standard InChI is InChI=1S/C15H22N4O/c1-10(2)9-18-14(20)5-6-17-15-13(8-16)11(3)7-12(4)19-15/h7,10H,5-6,9H2,1-4H3,(H,17,19)(H,18,20). The van der Waals surface area contributed by atoms with Crippen molar-refractivity contribution in [3.05, 3.63) is 22.9 Å². The second kappa shape index (κ2) is 7.49. The Morgan fingerprint density at radius 1 is 1.45 bits per heavy atom. The molecule has 0 aliphatic rings. The third-order valence-corrected chi connectivity index (χ3v) is 2.81. The van der Waals surface area contributed by atoms with Crippen LogP contribution in [0.15, 0.2) is 6.07 Å². The molecule has 0 bridgehead atoms. The van der Waals surface area contributed by atoms with Crippen molar-refractivity contribution >= 4 is 11.7 Å². The van der Waals surface area contributed by atoms with Crippen LogP contribution in [0.5, 0.6) is 0 Å². The van der Waals surface area contributed by atoms with Crippen LogP contribution in [0.1, 0.15) is 37.1 Å². The van der Waals surface area contributed by atoms with E-state index in [1.807, 2.05) is 19.9 Å². The molecule has 0 atom stereocenters. The molecule has 0 aromatic carbocycles. The number of carbonyl (C=O) groups is 1. The first kappa shape index (κ1) is 16.0. The summed E-state index contributed by atoms with van der Waals surface area (Å²) in [5.74, 6) is 1.01. The molecular weight excluding hydrogens is 252 g/mol. The molecule has 1 aromatic heterocycles. The van der Waals surface area contributed by atoms with Crippen molar-refractivity contribution in [3.63, 3.8) is 0 Å². The van der Waals surface area contributed by atoms with E-state index in [1.165, 1.54) is 0 Å². The molecule has 0 radical (unpaired) electrons. The van der Waals surface area contributed by atoms with Crippen molar-refractivity contribution in [3.8, 4) is 6.07 Å². The molecule has 1 amide bonds. The quantitative estimate of drug-likeness (QED) is 0.833. The molecule has 0 unspecified atom stereocenters. The van der Waals surface area contributed by atoms with Gasteiger partial charge in [-0.25, -0.2) is 4.98 Å². The fourth-order valence-electron chi connectivity index (χ4n) is 1.81. The van der Waals surface area contributed by atoms with Gasteiger partial charge in [-0.3, -0.25) is 4.79 Å². The van der Waals surface area contributed by atoms with Crippen molar-refractivity contribution in [2.45, 2.75) is 34.1 Å². The summed E-state index contributed by atoms with van der Waals surface area (Å²) in [6, 6.07) is 4.02. The van der Waals surface area contributed by atoms with Gasteiger partial charge in [0.2, 0.25) is 5.91 Å². The lowest BCUT2D eigenvalue weighted by atomic mass is 10.1. The highest BCUT2D eigenvalue weighted by Gasteiger charge is 2.09. The number of rotatable bonds is 6. The van der Waals surface area contributed by atoms with Crippen LogP contribution < -0.4 is 10.6 Å². The number of aromatic nitrogens is 1. The Labute approximate surface area is 120 Å². The van der Waals surface area contributed by atoms with E-state index in [4.69, 9.17) is 5.26 Å². The smallest absolute Gasteiger partial charge is 0.221 e. The van der Waals surface area contributed by atoms with E-state index in [0.717, 1.165) is 11.3 Å². The summed E-state index contributed by atoms with van der Waals surface area (Å²) < 4.78 is 0. The van der Waals surface area contributed by atoms with E-state index >= 15 is 0 Å². The van der Waals surface area contributed by atoms with Gasteiger partial charge < -0.3 is 10.6 Å². The summed E-state index contributed by atoms with van der Waals surface area (Å²) in [7, 11) is 0. The van der Waals surface area contributed by atoms with Crippen molar-refractivity contribution in [1.29, 1.82) is 5.26 Å². The zero-order chi connectivity index (χ0) is 15.1. The molecular formula is C15H22N4O. The van der Waals surface area contributed by atoms with E-state index in [9.17, 15) is 4.79 Å². The molecule has 5 nitrogen and oxygen atoms in total. The van der Waals surface area contributed by atoms with Gasteiger partial charge in [-0.15, -0.1) is 0 Å². The number of amides is 1. The van der Waals surface area contributed by atoms with Gasteiger partial charge in [0.1, 0.15) is 11.9 Å². The molecule has 2 N–H and O–H groups in total. The minimum Gasteiger partial charge on any atom is -0.368 e. The highest BCUT2D eigenvalue weighted by Crippen LogP contribution is 2.17. The molecule has 0 saturated heterocycles. The van der Waals surface area contributed by atoms with Crippen molar-refractivity contribution in [2.75, 3.05) is 18.4 Å². The molecule has 5 heteroatoms. The fourth-order valence-corrected chi connectivity index (χ4v) is 1.81. The molecule has 0 spiro atoms. The number of pyridine rings is 1. The molecule has 0 aliphatic heterocycles. The van der Waals surface area contributed by atoms with E-state index < -0.39 is 0 Å². The second-order valence-corrected chi connectivity index (χ2v) is 5.29. The van der Waals surface area contributed by atoms with Crippen molar-refractivity contribution < 1.29 is 4.79 Å². The molecule has 1 rings (SSSR count). The summed E-state index contributed by atoms with van der Waals surface area (Å²) in [4.78, 5) is 15.9. The van der Waals surface area contributed by atoms with Crippen LogP contribution in [-0.4, -0.2) is 24.0 Å². The molecule has 108 valence electrons.